The first-order valence-corrected chi connectivity index (χ1v) is 8.11. The second kappa shape index (κ2) is 7.49. The zero-order chi connectivity index (χ0) is 17.0. The number of benzene rings is 1. The van der Waals surface area contributed by atoms with Crippen molar-refractivity contribution >= 4 is 11.8 Å². The van der Waals surface area contributed by atoms with Gasteiger partial charge in [0.25, 0.3) is 0 Å². The number of hydrogen-bond donors (Lipinski definition) is 1. The Morgan fingerprint density at radius 2 is 1.96 bits per heavy atom. The van der Waals surface area contributed by atoms with E-state index >= 15 is 0 Å². The maximum Gasteiger partial charge on any atom is 0.225 e. The van der Waals surface area contributed by atoms with Crippen molar-refractivity contribution in [1.29, 1.82) is 0 Å². The number of amides is 2. The van der Waals surface area contributed by atoms with Crippen LogP contribution in [0.1, 0.15) is 32.8 Å². The van der Waals surface area contributed by atoms with Crippen molar-refractivity contribution in [2.75, 3.05) is 13.7 Å². The standard InChI is InChI=1S/C18H26N2O3/c1-12(2)13(3)19-18(22)15-9-17(21)20(11-15)10-14-5-7-16(23-4)8-6-14/h5-8,12-13,15H,9-11H2,1-4H3,(H,19,22). The van der Waals surface area contributed by atoms with E-state index in [-0.39, 0.29) is 23.8 Å². The summed E-state index contributed by atoms with van der Waals surface area (Å²) in [4.78, 5) is 26.2. The summed E-state index contributed by atoms with van der Waals surface area (Å²) in [5, 5.41) is 3.01. The smallest absolute Gasteiger partial charge is 0.225 e. The monoisotopic (exact) mass is 318 g/mol. The number of nitrogens with zero attached hydrogens (tertiary/aromatic N) is 1. The number of nitrogens with one attached hydrogen (secondary N) is 1. The van der Waals surface area contributed by atoms with Gasteiger partial charge in [0.2, 0.25) is 11.8 Å². The van der Waals surface area contributed by atoms with Crippen LogP contribution in [0, 0.1) is 11.8 Å². The summed E-state index contributed by atoms with van der Waals surface area (Å²) >= 11 is 0. The van der Waals surface area contributed by atoms with Gasteiger partial charge in [-0.25, -0.2) is 0 Å². The Labute approximate surface area is 138 Å². The zero-order valence-corrected chi connectivity index (χ0v) is 14.3. The topological polar surface area (TPSA) is 58.6 Å². The molecule has 0 spiro atoms. The molecule has 0 aliphatic carbocycles. The van der Waals surface area contributed by atoms with Gasteiger partial charge in [0.1, 0.15) is 5.75 Å². The lowest BCUT2D eigenvalue weighted by Crippen LogP contribution is -2.40. The Hall–Kier alpha value is -2.04. The molecule has 2 amide bonds. The summed E-state index contributed by atoms with van der Waals surface area (Å²) in [7, 11) is 1.63. The highest BCUT2D eigenvalue weighted by Crippen LogP contribution is 2.22. The summed E-state index contributed by atoms with van der Waals surface area (Å²) in [5.74, 6) is 0.949. The van der Waals surface area contributed by atoms with E-state index in [0.717, 1.165) is 11.3 Å². The van der Waals surface area contributed by atoms with Crippen LogP contribution in [0.5, 0.6) is 5.75 Å². The van der Waals surface area contributed by atoms with Gasteiger partial charge in [0.05, 0.1) is 13.0 Å². The van der Waals surface area contributed by atoms with Crippen molar-refractivity contribution in [2.24, 2.45) is 11.8 Å². The van der Waals surface area contributed by atoms with Gasteiger partial charge < -0.3 is 15.0 Å². The predicted octanol–water partition coefficient (Wildman–Crippen LogP) is 2.20. The average Bonchev–Trinajstić information content (AvgIpc) is 2.89. The number of methoxy groups -OCH3 is 1. The molecule has 5 nitrogen and oxygen atoms in total. The molecule has 1 aromatic rings. The van der Waals surface area contributed by atoms with E-state index in [2.05, 4.69) is 19.2 Å². The third-order valence-electron chi connectivity index (χ3n) is 4.49. The zero-order valence-electron chi connectivity index (χ0n) is 14.3. The maximum absolute atomic E-state index is 12.3. The largest absolute Gasteiger partial charge is 0.497 e. The Morgan fingerprint density at radius 1 is 1.30 bits per heavy atom. The van der Waals surface area contributed by atoms with Crippen molar-refractivity contribution in [1.82, 2.24) is 10.2 Å². The Morgan fingerprint density at radius 3 is 2.52 bits per heavy atom. The highest BCUT2D eigenvalue weighted by Gasteiger charge is 2.34. The fourth-order valence-electron chi connectivity index (χ4n) is 2.56. The second-order valence-corrected chi connectivity index (χ2v) is 6.56. The normalized spacial score (nSPS) is 19.1. The van der Waals surface area contributed by atoms with Crippen LogP contribution in [-0.4, -0.2) is 36.4 Å². The first kappa shape index (κ1) is 17.3. The van der Waals surface area contributed by atoms with Gasteiger partial charge in [-0.05, 0) is 30.5 Å². The van der Waals surface area contributed by atoms with Crippen molar-refractivity contribution in [2.45, 2.75) is 39.8 Å². The third kappa shape index (κ3) is 4.47. The van der Waals surface area contributed by atoms with Crippen molar-refractivity contribution in [3.63, 3.8) is 0 Å². The van der Waals surface area contributed by atoms with Crippen LogP contribution in [0.4, 0.5) is 0 Å². The Kier molecular flexibility index (Phi) is 5.64. The lowest BCUT2D eigenvalue weighted by molar-refractivity contribution is -0.129. The summed E-state index contributed by atoms with van der Waals surface area (Å²) in [5.41, 5.74) is 1.04. The van der Waals surface area contributed by atoms with Crippen LogP contribution in [0.25, 0.3) is 0 Å². The quantitative estimate of drug-likeness (QED) is 0.875. The van der Waals surface area contributed by atoms with E-state index < -0.39 is 0 Å². The van der Waals surface area contributed by atoms with Crippen LogP contribution in [0.15, 0.2) is 24.3 Å². The van der Waals surface area contributed by atoms with Gasteiger partial charge in [-0.3, -0.25) is 9.59 Å². The highest BCUT2D eigenvalue weighted by atomic mass is 16.5. The molecular formula is C18H26N2O3. The fraction of sp³-hybridized carbons (Fsp3) is 0.556. The molecule has 2 unspecified atom stereocenters. The molecule has 126 valence electrons. The van der Waals surface area contributed by atoms with E-state index in [1.807, 2.05) is 31.2 Å². The van der Waals surface area contributed by atoms with Gasteiger partial charge >= 0.3 is 0 Å². The number of hydrogen-bond acceptors (Lipinski definition) is 3. The van der Waals surface area contributed by atoms with Gasteiger partial charge in [-0.1, -0.05) is 26.0 Å². The summed E-state index contributed by atoms with van der Waals surface area (Å²) in [6, 6.07) is 7.77. The minimum atomic E-state index is -0.248. The number of ether oxygens (including phenoxy) is 1. The molecule has 1 aromatic carbocycles. The molecule has 1 heterocycles. The number of carbonyl (C=O) groups is 2. The van der Waals surface area contributed by atoms with Crippen LogP contribution < -0.4 is 10.1 Å². The maximum atomic E-state index is 12.3. The summed E-state index contributed by atoms with van der Waals surface area (Å²) < 4.78 is 5.13. The molecule has 0 aromatic heterocycles. The van der Waals surface area contributed by atoms with E-state index in [9.17, 15) is 9.59 Å². The first-order chi connectivity index (χ1) is 10.9. The molecule has 0 saturated carbocycles. The van der Waals surface area contributed by atoms with E-state index in [1.165, 1.54) is 0 Å². The summed E-state index contributed by atoms with van der Waals surface area (Å²) in [6.07, 6.45) is 0.298. The molecule has 1 saturated heterocycles. The van der Waals surface area contributed by atoms with Gasteiger partial charge in [-0.2, -0.15) is 0 Å². The minimum Gasteiger partial charge on any atom is -0.497 e. The molecule has 0 bridgehead atoms. The van der Waals surface area contributed by atoms with Crippen LogP contribution in [-0.2, 0) is 16.1 Å². The molecular weight excluding hydrogens is 292 g/mol. The van der Waals surface area contributed by atoms with Crippen molar-refractivity contribution in [3.8, 4) is 5.75 Å². The molecule has 1 aliphatic heterocycles. The third-order valence-corrected chi connectivity index (χ3v) is 4.49. The second-order valence-electron chi connectivity index (χ2n) is 6.56. The highest BCUT2D eigenvalue weighted by molar-refractivity contribution is 5.89. The minimum absolute atomic E-state index is 0.0169. The van der Waals surface area contributed by atoms with Gasteiger partial charge in [0, 0.05) is 25.6 Å². The van der Waals surface area contributed by atoms with E-state index in [1.54, 1.807) is 12.0 Å². The molecule has 2 atom stereocenters. The number of carbonyl (C=O) groups excluding carboxylic acids is 2. The van der Waals surface area contributed by atoms with Gasteiger partial charge in [0.15, 0.2) is 0 Å². The molecule has 1 fully saturated rings. The van der Waals surface area contributed by atoms with Crippen LogP contribution in [0.3, 0.4) is 0 Å². The van der Waals surface area contributed by atoms with E-state index in [0.29, 0.717) is 25.4 Å². The molecule has 0 radical (unpaired) electrons. The Balaban J connectivity index is 1.92. The molecule has 1 aliphatic rings. The Bertz CT molecular complexity index is 554. The lowest BCUT2D eigenvalue weighted by Gasteiger charge is -2.20. The summed E-state index contributed by atoms with van der Waals surface area (Å²) in [6.45, 7) is 7.16. The molecule has 2 rings (SSSR count). The number of rotatable bonds is 6. The van der Waals surface area contributed by atoms with Crippen LogP contribution >= 0.6 is 0 Å². The van der Waals surface area contributed by atoms with Crippen molar-refractivity contribution in [3.05, 3.63) is 29.8 Å². The van der Waals surface area contributed by atoms with Crippen molar-refractivity contribution < 1.29 is 14.3 Å². The average molecular weight is 318 g/mol. The van der Waals surface area contributed by atoms with Crippen LogP contribution in [0.2, 0.25) is 0 Å². The predicted molar refractivity (Wildman–Crippen MR) is 89.0 cm³/mol. The fourth-order valence-corrected chi connectivity index (χ4v) is 2.56. The number of likely N-dealkylation sites (tertiary alicyclic amines) is 1. The SMILES string of the molecule is COc1ccc(CN2CC(C(=O)NC(C)C(C)C)CC2=O)cc1. The molecule has 5 heteroatoms. The first-order valence-electron chi connectivity index (χ1n) is 8.11. The van der Waals surface area contributed by atoms with Gasteiger partial charge in [-0.15, -0.1) is 0 Å². The lowest BCUT2D eigenvalue weighted by atomic mass is 10.0. The molecule has 23 heavy (non-hydrogen) atoms. The van der Waals surface area contributed by atoms with E-state index in [4.69, 9.17) is 4.74 Å². The molecule has 1 N–H and O–H groups in total.